The van der Waals surface area contributed by atoms with E-state index < -0.39 is 0 Å². The molecule has 0 aromatic heterocycles. The number of carbonyl (C=O) groups excluding carboxylic acids is 1. The van der Waals surface area contributed by atoms with Crippen LogP contribution in [0.4, 0.5) is 10.5 Å². The van der Waals surface area contributed by atoms with Gasteiger partial charge in [-0.25, -0.2) is 4.79 Å². The first kappa shape index (κ1) is 16.7. The van der Waals surface area contributed by atoms with Gasteiger partial charge in [0.2, 0.25) is 0 Å². The lowest BCUT2D eigenvalue weighted by Gasteiger charge is -2.10. The quantitative estimate of drug-likeness (QED) is 0.802. The Hall–Kier alpha value is -2.69. The fraction of sp³-hybridized carbons (Fsp3) is 0.278. The molecule has 0 saturated heterocycles. The van der Waals surface area contributed by atoms with Crippen LogP contribution >= 0.6 is 0 Å². The summed E-state index contributed by atoms with van der Waals surface area (Å²) in [5.41, 5.74) is 2.99. The molecule has 0 aliphatic heterocycles. The topological polar surface area (TPSA) is 59.6 Å². The van der Waals surface area contributed by atoms with Crippen molar-refractivity contribution in [3.8, 4) is 11.5 Å². The van der Waals surface area contributed by atoms with E-state index in [1.165, 1.54) is 0 Å². The second kappa shape index (κ2) is 8.08. The number of nitrogens with one attached hydrogen (secondary N) is 2. The van der Waals surface area contributed by atoms with Crippen LogP contribution in [0, 0.1) is 13.8 Å². The number of ether oxygens (including phenoxy) is 2. The first-order valence-electron chi connectivity index (χ1n) is 7.47. The van der Waals surface area contributed by atoms with Crippen LogP contribution in [0.15, 0.2) is 42.5 Å². The Morgan fingerprint density at radius 2 is 1.78 bits per heavy atom. The van der Waals surface area contributed by atoms with Crippen LogP contribution in [0.25, 0.3) is 0 Å². The lowest BCUT2D eigenvalue weighted by Crippen LogP contribution is -2.32. The molecule has 122 valence electrons. The first-order valence-corrected chi connectivity index (χ1v) is 7.47. The molecule has 2 aromatic rings. The Morgan fingerprint density at radius 1 is 1.04 bits per heavy atom. The van der Waals surface area contributed by atoms with E-state index in [0.29, 0.717) is 24.6 Å². The highest BCUT2D eigenvalue weighted by Crippen LogP contribution is 2.17. The summed E-state index contributed by atoms with van der Waals surface area (Å²) in [4.78, 5) is 11.8. The van der Waals surface area contributed by atoms with E-state index in [9.17, 15) is 4.79 Å². The van der Waals surface area contributed by atoms with E-state index in [4.69, 9.17) is 9.47 Å². The molecule has 5 heteroatoms. The standard InChI is InChI=1S/C18H22N2O3/c1-13-9-14(2)11-17(10-13)23-8-7-19-18(21)20-15-5-4-6-16(12-15)22-3/h4-6,9-12H,7-8H2,1-3H3,(H2,19,20,21). The SMILES string of the molecule is COc1cccc(NC(=O)NCCOc2cc(C)cc(C)c2)c1. The van der Waals surface area contributed by atoms with Gasteiger partial charge in [0.25, 0.3) is 0 Å². The zero-order valence-electron chi connectivity index (χ0n) is 13.7. The number of aryl methyl sites for hydroxylation is 2. The Kier molecular flexibility index (Phi) is 5.86. The second-order valence-electron chi connectivity index (χ2n) is 5.28. The fourth-order valence-corrected chi connectivity index (χ4v) is 2.23. The van der Waals surface area contributed by atoms with Crippen molar-refractivity contribution in [2.75, 3.05) is 25.6 Å². The second-order valence-corrected chi connectivity index (χ2v) is 5.28. The van der Waals surface area contributed by atoms with Crippen molar-refractivity contribution < 1.29 is 14.3 Å². The van der Waals surface area contributed by atoms with E-state index in [1.54, 1.807) is 19.2 Å². The van der Waals surface area contributed by atoms with Gasteiger partial charge in [-0.1, -0.05) is 12.1 Å². The summed E-state index contributed by atoms with van der Waals surface area (Å²) in [5.74, 6) is 1.51. The molecular formula is C18H22N2O3. The van der Waals surface area contributed by atoms with E-state index in [-0.39, 0.29) is 6.03 Å². The summed E-state index contributed by atoms with van der Waals surface area (Å²) in [7, 11) is 1.59. The molecule has 2 rings (SSSR count). The molecule has 0 radical (unpaired) electrons. The highest BCUT2D eigenvalue weighted by Gasteiger charge is 2.03. The maximum absolute atomic E-state index is 11.8. The van der Waals surface area contributed by atoms with Crippen LogP contribution in [0.3, 0.4) is 0 Å². The van der Waals surface area contributed by atoms with Crippen LogP contribution < -0.4 is 20.1 Å². The van der Waals surface area contributed by atoms with Crippen LogP contribution in [-0.4, -0.2) is 26.3 Å². The Balaban J connectivity index is 1.74. The largest absolute Gasteiger partial charge is 0.497 e. The van der Waals surface area contributed by atoms with E-state index in [0.717, 1.165) is 16.9 Å². The van der Waals surface area contributed by atoms with Crippen molar-refractivity contribution in [1.82, 2.24) is 5.32 Å². The van der Waals surface area contributed by atoms with Gasteiger partial charge in [0.1, 0.15) is 18.1 Å². The van der Waals surface area contributed by atoms with Crippen LogP contribution in [0.1, 0.15) is 11.1 Å². The van der Waals surface area contributed by atoms with Gasteiger partial charge in [-0.05, 0) is 49.2 Å². The van der Waals surface area contributed by atoms with Gasteiger partial charge >= 0.3 is 6.03 Å². The van der Waals surface area contributed by atoms with E-state index >= 15 is 0 Å². The summed E-state index contributed by atoms with van der Waals surface area (Å²) >= 11 is 0. The number of amides is 2. The number of hydrogen-bond acceptors (Lipinski definition) is 3. The molecule has 0 fully saturated rings. The van der Waals surface area contributed by atoms with Gasteiger partial charge in [-0.2, -0.15) is 0 Å². The van der Waals surface area contributed by atoms with Gasteiger partial charge < -0.3 is 20.1 Å². The molecule has 0 aliphatic carbocycles. The highest BCUT2D eigenvalue weighted by atomic mass is 16.5. The zero-order valence-corrected chi connectivity index (χ0v) is 13.7. The van der Waals surface area contributed by atoms with E-state index in [2.05, 4.69) is 16.7 Å². The molecule has 0 bridgehead atoms. The van der Waals surface area contributed by atoms with Gasteiger partial charge in [0.15, 0.2) is 0 Å². The normalized spacial score (nSPS) is 10.0. The third kappa shape index (κ3) is 5.54. The van der Waals surface area contributed by atoms with Crippen molar-refractivity contribution in [3.63, 3.8) is 0 Å². The number of urea groups is 1. The minimum absolute atomic E-state index is 0.276. The Bertz CT molecular complexity index is 651. The summed E-state index contributed by atoms with van der Waals surface area (Å²) < 4.78 is 10.8. The van der Waals surface area contributed by atoms with Gasteiger partial charge in [0.05, 0.1) is 13.7 Å². The fourth-order valence-electron chi connectivity index (χ4n) is 2.23. The number of benzene rings is 2. The molecular weight excluding hydrogens is 292 g/mol. The lowest BCUT2D eigenvalue weighted by atomic mass is 10.1. The number of carbonyl (C=O) groups is 1. The maximum atomic E-state index is 11.8. The third-order valence-corrected chi connectivity index (χ3v) is 3.18. The zero-order chi connectivity index (χ0) is 16.7. The third-order valence-electron chi connectivity index (χ3n) is 3.18. The minimum atomic E-state index is -0.276. The predicted molar refractivity (Wildman–Crippen MR) is 91.4 cm³/mol. The predicted octanol–water partition coefficient (Wildman–Crippen LogP) is 3.51. The average molecular weight is 314 g/mol. The molecule has 0 atom stereocenters. The summed E-state index contributed by atoms with van der Waals surface area (Å²) in [5, 5.41) is 5.50. The Labute approximate surface area is 136 Å². The van der Waals surface area contributed by atoms with Gasteiger partial charge in [0, 0.05) is 11.8 Å². The minimum Gasteiger partial charge on any atom is -0.497 e. The molecule has 5 nitrogen and oxygen atoms in total. The van der Waals surface area contributed by atoms with Gasteiger partial charge in [-0.15, -0.1) is 0 Å². The van der Waals surface area contributed by atoms with Gasteiger partial charge in [-0.3, -0.25) is 0 Å². The number of rotatable bonds is 6. The first-order chi connectivity index (χ1) is 11.1. The molecule has 2 amide bonds. The lowest BCUT2D eigenvalue weighted by molar-refractivity contribution is 0.247. The number of anilines is 1. The highest BCUT2D eigenvalue weighted by molar-refractivity contribution is 5.89. The number of methoxy groups -OCH3 is 1. The summed E-state index contributed by atoms with van der Waals surface area (Å²) in [6.45, 7) is 4.89. The molecule has 0 heterocycles. The van der Waals surface area contributed by atoms with Crippen LogP contribution in [0.5, 0.6) is 11.5 Å². The molecule has 2 aromatic carbocycles. The summed E-state index contributed by atoms with van der Waals surface area (Å²) in [6, 6.07) is 13.0. The van der Waals surface area contributed by atoms with Crippen molar-refractivity contribution >= 4 is 11.7 Å². The smallest absolute Gasteiger partial charge is 0.319 e. The van der Waals surface area contributed by atoms with E-state index in [1.807, 2.05) is 38.1 Å². The Morgan fingerprint density at radius 3 is 2.48 bits per heavy atom. The monoisotopic (exact) mass is 314 g/mol. The molecule has 0 saturated carbocycles. The molecule has 23 heavy (non-hydrogen) atoms. The van der Waals surface area contributed by atoms with Crippen molar-refractivity contribution in [2.45, 2.75) is 13.8 Å². The molecule has 0 spiro atoms. The van der Waals surface area contributed by atoms with Crippen LogP contribution in [-0.2, 0) is 0 Å². The summed E-state index contributed by atoms with van der Waals surface area (Å²) in [6.07, 6.45) is 0. The molecule has 0 aliphatic rings. The van der Waals surface area contributed by atoms with Crippen molar-refractivity contribution in [2.24, 2.45) is 0 Å². The van der Waals surface area contributed by atoms with Crippen molar-refractivity contribution in [3.05, 3.63) is 53.6 Å². The number of hydrogen-bond donors (Lipinski definition) is 2. The molecule has 0 unspecified atom stereocenters. The maximum Gasteiger partial charge on any atom is 0.319 e. The van der Waals surface area contributed by atoms with Crippen LogP contribution in [0.2, 0.25) is 0 Å². The average Bonchev–Trinajstić information content (AvgIpc) is 2.51. The van der Waals surface area contributed by atoms with Crippen molar-refractivity contribution in [1.29, 1.82) is 0 Å². The molecule has 2 N–H and O–H groups in total.